The molecule has 2 aromatic rings. The van der Waals surface area contributed by atoms with E-state index in [-0.39, 0.29) is 17.7 Å². The summed E-state index contributed by atoms with van der Waals surface area (Å²) in [4.78, 5) is 25.2. The maximum absolute atomic E-state index is 12.7. The zero-order chi connectivity index (χ0) is 20.9. The summed E-state index contributed by atoms with van der Waals surface area (Å²) in [7, 11) is 0. The van der Waals surface area contributed by atoms with E-state index in [1.165, 1.54) is 32.1 Å². The fourth-order valence-electron chi connectivity index (χ4n) is 4.41. The van der Waals surface area contributed by atoms with Gasteiger partial charge in [0.05, 0.1) is 5.92 Å². The summed E-state index contributed by atoms with van der Waals surface area (Å²) < 4.78 is 5.84. The molecule has 2 aliphatic rings. The molecule has 0 aromatic heterocycles. The van der Waals surface area contributed by atoms with Gasteiger partial charge in [0, 0.05) is 17.8 Å². The summed E-state index contributed by atoms with van der Waals surface area (Å²) >= 11 is 0. The Morgan fingerprint density at radius 1 is 1.07 bits per heavy atom. The summed E-state index contributed by atoms with van der Waals surface area (Å²) in [6.07, 6.45) is 6.93. The van der Waals surface area contributed by atoms with Crippen molar-refractivity contribution in [1.82, 2.24) is 5.32 Å². The summed E-state index contributed by atoms with van der Waals surface area (Å²) in [6.45, 7) is 3.14. The van der Waals surface area contributed by atoms with Gasteiger partial charge in [0.15, 0.2) is 0 Å². The van der Waals surface area contributed by atoms with Crippen LogP contribution in [-0.4, -0.2) is 25.0 Å². The van der Waals surface area contributed by atoms with Crippen molar-refractivity contribution in [3.05, 3.63) is 59.2 Å². The van der Waals surface area contributed by atoms with E-state index in [1.807, 2.05) is 43.3 Å². The van der Waals surface area contributed by atoms with Gasteiger partial charge in [0.1, 0.15) is 12.4 Å². The van der Waals surface area contributed by atoms with Crippen molar-refractivity contribution < 1.29 is 14.3 Å². The summed E-state index contributed by atoms with van der Waals surface area (Å²) in [6, 6.07) is 13.1. The van der Waals surface area contributed by atoms with Gasteiger partial charge < -0.3 is 15.4 Å². The first-order valence-corrected chi connectivity index (χ1v) is 11.0. The lowest BCUT2D eigenvalue weighted by Crippen LogP contribution is -2.39. The van der Waals surface area contributed by atoms with E-state index in [9.17, 15) is 9.59 Å². The van der Waals surface area contributed by atoms with Crippen molar-refractivity contribution in [3.63, 3.8) is 0 Å². The number of ether oxygens (including phenoxy) is 1. The number of aryl methyl sites for hydroxylation is 1. The van der Waals surface area contributed by atoms with Crippen LogP contribution in [0.2, 0.25) is 0 Å². The minimum Gasteiger partial charge on any atom is -0.492 e. The van der Waals surface area contributed by atoms with Crippen LogP contribution in [0.5, 0.6) is 5.75 Å². The van der Waals surface area contributed by atoms with Crippen molar-refractivity contribution in [3.8, 4) is 5.75 Å². The highest BCUT2D eigenvalue weighted by molar-refractivity contribution is 6.04. The molecule has 1 fully saturated rings. The molecule has 0 unspecified atom stereocenters. The molecular weight excluding hydrogens is 376 g/mol. The molecule has 158 valence electrons. The van der Waals surface area contributed by atoms with Gasteiger partial charge >= 0.3 is 0 Å². The van der Waals surface area contributed by atoms with Crippen molar-refractivity contribution >= 4 is 17.5 Å². The molecule has 2 N–H and O–H groups in total. The summed E-state index contributed by atoms with van der Waals surface area (Å²) in [5.74, 6) is 1.14. The first-order valence-electron chi connectivity index (χ1n) is 11.0. The first kappa shape index (κ1) is 20.5. The van der Waals surface area contributed by atoms with Crippen LogP contribution in [0, 0.1) is 18.8 Å². The molecule has 1 atom stereocenters. The standard InChI is InChI=1S/C25H30N2O3/c1-17-6-5-9-19(12-17)25(29)27-22-10-11-23-20(14-22)13-21(16-30-23)24(28)26-15-18-7-3-2-4-8-18/h5-6,9-12,14,18,21H,2-4,7-8,13,15-16H2,1H3,(H,26,28)(H,27,29)/t21-/m0/s1. The second kappa shape index (κ2) is 9.33. The summed E-state index contributed by atoms with van der Waals surface area (Å²) in [5, 5.41) is 6.09. The zero-order valence-corrected chi connectivity index (χ0v) is 17.6. The highest BCUT2D eigenvalue weighted by Crippen LogP contribution is 2.30. The molecule has 30 heavy (non-hydrogen) atoms. The Balaban J connectivity index is 1.36. The molecule has 0 bridgehead atoms. The van der Waals surface area contributed by atoms with E-state index in [0.717, 1.165) is 23.4 Å². The molecule has 5 nitrogen and oxygen atoms in total. The Hall–Kier alpha value is -2.82. The maximum Gasteiger partial charge on any atom is 0.255 e. The molecule has 1 aliphatic carbocycles. The van der Waals surface area contributed by atoms with Gasteiger partial charge in [-0.2, -0.15) is 0 Å². The number of rotatable bonds is 5. The minimum atomic E-state index is -0.191. The van der Waals surface area contributed by atoms with E-state index in [1.54, 1.807) is 6.07 Å². The number of hydrogen-bond acceptors (Lipinski definition) is 3. The summed E-state index contributed by atoms with van der Waals surface area (Å²) in [5.41, 5.74) is 3.35. The molecule has 1 saturated carbocycles. The monoisotopic (exact) mass is 406 g/mol. The number of hydrogen-bond donors (Lipinski definition) is 2. The van der Waals surface area contributed by atoms with E-state index in [2.05, 4.69) is 10.6 Å². The third-order valence-electron chi connectivity index (χ3n) is 6.17. The number of anilines is 1. The normalized spacial score (nSPS) is 18.8. The molecule has 0 radical (unpaired) electrons. The number of fused-ring (bicyclic) bond motifs is 1. The third kappa shape index (κ3) is 5.02. The van der Waals surface area contributed by atoms with Crippen molar-refractivity contribution in [2.45, 2.75) is 45.4 Å². The Labute approximate surface area is 178 Å². The molecule has 4 rings (SSSR count). The third-order valence-corrected chi connectivity index (χ3v) is 6.17. The number of carbonyl (C=O) groups excluding carboxylic acids is 2. The van der Waals surface area contributed by atoms with Crippen LogP contribution in [0.25, 0.3) is 0 Å². The highest BCUT2D eigenvalue weighted by atomic mass is 16.5. The molecular formula is C25H30N2O3. The van der Waals surface area contributed by atoms with Gasteiger partial charge in [-0.15, -0.1) is 0 Å². The average molecular weight is 407 g/mol. The minimum absolute atomic E-state index is 0.0698. The molecule has 1 aliphatic heterocycles. The second-order valence-corrected chi connectivity index (χ2v) is 8.61. The maximum atomic E-state index is 12.7. The van der Waals surface area contributed by atoms with Crippen molar-refractivity contribution in [2.75, 3.05) is 18.5 Å². The smallest absolute Gasteiger partial charge is 0.255 e. The van der Waals surface area contributed by atoms with Gasteiger partial charge in [0.25, 0.3) is 5.91 Å². The topological polar surface area (TPSA) is 67.4 Å². The number of amides is 2. The van der Waals surface area contributed by atoms with Gasteiger partial charge in [0.2, 0.25) is 5.91 Å². The Morgan fingerprint density at radius 3 is 2.70 bits per heavy atom. The molecule has 5 heteroatoms. The molecule has 1 heterocycles. The van der Waals surface area contributed by atoms with Crippen LogP contribution in [0.4, 0.5) is 5.69 Å². The van der Waals surface area contributed by atoms with E-state index < -0.39 is 0 Å². The lowest BCUT2D eigenvalue weighted by atomic mass is 9.89. The van der Waals surface area contributed by atoms with E-state index >= 15 is 0 Å². The van der Waals surface area contributed by atoms with Crippen LogP contribution in [0.3, 0.4) is 0 Å². The van der Waals surface area contributed by atoms with Crippen molar-refractivity contribution in [1.29, 1.82) is 0 Å². The number of nitrogens with one attached hydrogen (secondary N) is 2. The number of benzene rings is 2. The molecule has 0 saturated heterocycles. The van der Waals surface area contributed by atoms with Gasteiger partial charge in [-0.05, 0) is 68.0 Å². The average Bonchev–Trinajstić information content (AvgIpc) is 2.77. The van der Waals surface area contributed by atoms with E-state index in [4.69, 9.17) is 4.74 Å². The Kier molecular flexibility index (Phi) is 6.36. The SMILES string of the molecule is Cc1cccc(C(=O)Nc2ccc3c(c2)C[C@H](C(=O)NCC2CCCCC2)CO3)c1. The lowest BCUT2D eigenvalue weighted by molar-refractivity contribution is -0.126. The highest BCUT2D eigenvalue weighted by Gasteiger charge is 2.27. The van der Waals surface area contributed by atoms with Crippen LogP contribution < -0.4 is 15.4 Å². The Morgan fingerprint density at radius 2 is 1.90 bits per heavy atom. The molecule has 2 aromatic carbocycles. The fraction of sp³-hybridized carbons (Fsp3) is 0.440. The number of carbonyl (C=O) groups is 2. The van der Waals surface area contributed by atoms with Gasteiger partial charge in [-0.3, -0.25) is 9.59 Å². The van der Waals surface area contributed by atoms with E-state index in [0.29, 0.717) is 30.2 Å². The predicted molar refractivity (Wildman–Crippen MR) is 118 cm³/mol. The second-order valence-electron chi connectivity index (χ2n) is 8.61. The largest absolute Gasteiger partial charge is 0.492 e. The van der Waals surface area contributed by atoms with Gasteiger partial charge in [-0.25, -0.2) is 0 Å². The van der Waals surface area contributed by atoms with Crippen LogP contribution in [0.1, 0.15) is 53.6 Å². The van der Waals surface area contributed by atoms with Crippen LogP contribution in [0.15, 0.2) is 42.5 Å². The van der Waals surface area contributed by atoms with Crippen molar-refractivity contribution in [2.24, 2.45) is 11.8 Å². The zero-order valence-electron chi connectivity index (χ0n) is 17.6. The molecule has 2 amide bonds. The van der Waals surface area contributed by atoms with Crippen LogP contribution >= 0.6 is 0 Å². The lowest BCUT2D eigenvalue weighted by Gasteiger charge is -2.27. The first-order chi connectivity index (χ1) is 14.6. The fourth-order valence-corrected chi connectivity index (χ4v) is 4.41. The molecule has 0 spiro atoms. The van der Waals surface area contributed by atoms with Gasteiger partial charge in [-0.1, -0.05) is 37.0 Å². The van der Waals surface area contributed by atoms with Crippen LogP contribution in [-0.2, 0) is 11.2 Å². The Bertz CT molecular complexity index is 918. The quantitative estimate of drug-likeness (QED) is 0.769. The predicted octanol–water partition coefficient (Wildman–Crippen LogP) is 4.49.